The van der Waals surface area contributed by atoms with E-state index in [1.807, 2.05) is 106 Å². The summed E-state index contributed by atoms with van der Waals surface area (Å²) in [6, 6.07) is 24.9. The van der Waals surface area contributed by atoms with E-state index in [0.29, 0.717) is 11.5 Å². The van der Waals surface area contributed by atoms with Crippen LogP contribution in [0.5, 0.6) is 0 Å². The molecule has 202 valence electrons. The molecule has 0 amide bonds. The molecule has 4 atom stereocenters. The number of rotatable bonds is 4. The summed E-state index contributed by atoms with van der Waals surface area (Å²) in [6.45, 7) is 5.62. The summed E-state index contributed by atoms with van der Waals surface area (Å²) in [4.78, 5) is 28.6. The summed E-state index contributed by atoms with van der Waals surface area (Å²) in [5.74, 6) is 0.553. The number of halogens is 2. The third-order valence-electron chi connectivity index (χ3n) is 7.30. The molecule has 0 bridgehead atoms. The van der Waals surface area contributed by atoms with Crippen LogP contribution in [0.4, 0.5) is 0 Å². The fraction of sp³-hybridized carbons (Fsp3) is 0.312. The van der Waals surface area contributed by atoms with Crippen LogP contribution < -0.4 is 5.32 Å². The number of carbonyl (C=O) groups excluding carboxylic acids is 2. The highest BCUT2D eigenvalue weighted by Gasteiger charge is 2.63. The minimum atomic E-state index is -0.888. The molecule has 0 radical (unpaired) electrons. The van der Waals surface area contributed by atoms with Crippen LogP contribution >= 0.6 is 43.6 Å². The first-order valence-corrected chi connectivity index (χ1v) is 15.7. The van der Waals surface area contributed by atoms with Gasteiger partial charge in [0, 0.05) is 38.0 Å². The number of hydrogen-bond donors (Lipinski definition) is 1. The molecule has 1 spiro atoms. The minimum absolute atomic E-state index is 0.0875. The van der Waals surface area contributed by atoms with Gasteiger partial charge < -0.3 is 4.74 Å². The lowest BCUT2D eigenvalue weighted by molar-refractivity contribution is -0.157. The van der Waals surface area contributed by atoms with Crippen molar-refractivity contribution in [3.63, 3.8) is 0 Å². The molecule has 39 heavy (non-hydrogen) atoms. The quantitative estimate of drug-likeness (QED) is 0.228. The Morgan fingerprint density at radius 2 is 1.56 bits per heavy atom. The molecule has 1 N–H and O–H groups in total. The van der Waals surface area contributed by atoms with Crippen molar-refractivity contribution in [3.05, 3.63) is 110 Å². The molecule has 0 aliphatic carbocycles. The van der Waals surface area contributed by atoms with Gasteiger partial charge in [0.2, 0.25) is 0 Å². The highest BCUT2D eigenvalue weighted by atomic mass is 79.9. The lowest BCUT2D eigenvalue weighted by Crippen LogP contribution is -2.47. The molecule has 5 rings (SSSR count). The maximum absolute atomic E-state index is 14.8. The highest BCUT2D eigenvalue weighted by molar-refractivity contribution is 9.10. The van der Waals surface area contributed by atoms with Gasteiger partial charge in [0.1, 0.15) is 11.6 Å². The third kappa shape index (κ3) is 5.83. The van der Waals surface area contributed by atoms with Crippen molar-refractivity contribution in [2.45, 2.75) is 44.4 Å². The van der Waals surface area contributed by atoms with Crippen LogP contribution in [0.3, 0.4) is 0 Å². The van der Waals surface area contributed by atoms with Crippen molar-refractivity contribution in [2.75, 3.05) is 11.5 Å². The van der Waals surface area contributed by atoms with E-state index in [9.17, 15) is 9.59 Å². The Balaban J connectivity index is 1.69. The lowest BCUT2D eigenvalue weighted by Gasteiger charge is -2.42. The Morgan fingerprint density at radius 3 is 2.18 bits per heavy atom. The first-order valence-electron chi connectivity index (χ1n) is 13.0. The van der Waals surface area contributed by atoms with Gasteiger partial charge in [0.25, 0.3) is 0 Å². The summed E-state index contributed by atoms with van der Waals surface area (Å²) in [5, 5.41) is 3.62. The van der Waals surface area contributed by atoms with Gasteiger partial charge >= 0.3 is 5.97 Å². The van der Waals surface area contributed by atoms with Crippen molar-refractivity contribution in [1.29, 1.82) is 0 Å². The van der Waals surface area contributed by atoms with E-state index >= 15 is 0 Å². The molecule has 2 fully saturated rings. The number of hydrogen-bond acceptors (Lipinski definition) is 5. The van der Waals surface area contributed by atoms with Gasteiger partial charge in [-0.15, -0.1) is 0 Å². The molecular weight excluding hydrogens is 638 g/mol. The van der Waals surface area contributed by atoms with Crippen LogP contribution in [-0.4, -0.2) is 34.9 Å². The van der Waals surface area contributed by atoms with Gasteiger partial charge in [-0.05, 0) is 67.8 Å². The first-order chi connectivity index (χ1) is 18.6. The number of carbonyl (C=O) groups is 2. The predicted molar refractivity (Wildman–Crippen MR) is 166 cm³/mol. The van der Waals surface area contributed by atoms with E-state index in [0.717, 1.165) is 31.2 Å². The second kappa shape index (κ2) is 11.4. The molecule has 7 heteroatoms. The van der Waals surface area contributed by atoms with Crippen molar-refractivity contribution in [2.24, 2.45) is 5.41 Å². The van der Waals surface area contributed by atoms with Crippen LogP contribution in [0, 0.1) is 5.41 Å². The molecule has 3 aromatic rings. The number of esters is 1. The zero-order chi connectivity index (χ0) is 27.8. The molecule has 2 heterocycles. The van der Waals surface area contributed by atoms with Crippen molar-refractivity contribution in [1.82, 2.24) is 5.32 Å². The maximum Gasteiger partial charge on any atom is 0.324 e. The Bertz CT molecular complexity index is 1380. The average Bonchev–Trinajstić information content (AvgIpc) is 3.24. The minimum Gasteiger partial charge on any atom is -0.459 e. The standard InChI is InChI=1S/C32H31Br2NO3S/c1-31(2,3)38-30(37)27-26(21-11-15-25(34)16-12-21)32(28(35-27)22-7-5-4-6-8-22)19-39-18-23(29(32)36)17-20-9-13-24(33)14-10-20/h4-17,26-28,35H,18-19H2,1-3H3/b23-17+. The second-order valence-corrected chi connectivity index (χ2v) is 14.0. The van der Waals surface area contributed by atoms with Crippen LogP contribution in [-0.2, 0) is 14.3 Å². The number of Topliss-reactive ketones (excluding diaryl/α,β-unsaturated/α-hetero) is 1. The number of ketones is 1. The molecule has 2 aliphatic rings. The van der Waals surface area contributed by atoms with Gasteiger partial charge in [-0.25, -0.2) is 0 Å². The van der Waals surface area contributed by atoms with Crippen LogP contribution in [0.15, 0.2) is 93.4 Å². The predicted octanol–water partition coefficient (Wildman–Crippen LogP) is 7.74. The normalized spacial score (nSPS) is 26.2. The fourth-order valence-corrected chi connectivity index (χ4v) is 7.62. The lowest BCUT2D eigenvalue weighted by atomic mass is 9.64. The van der Waals surface area contributed by atoms with Gasteiger partial charge in [0.15, 0.2) is 5.78 Å². The van der Waals surface area contributed by atoms with Crippen LogP contribution in [0.25, 0.3) is 6.08 Å². The third-order valence-corrected chi connectivity index (χ3v) is 9.55. The van der Waals surface area contributed by atoms with Crippen LogP contribution in [0.1, 0.15) is 49.4 Å². The summed E-state index contributed by atoms with van der Waals surface area (Å²) in [7, 11) is 0. The van der Waals surface area contributed by atoms with Crippen molar-refractivity contribution < 1.29 is 14.3 Å². The van der Waals surface area contributed by atoms with Gasteiger partial charge in [-0.3, -0.25) is 14.9 Å². The Morgan fingerprint density at radius 1 is 0.949 bits per heavy atom. The molecular formula is C32H31Br2NO3S. The summed E-state index contributed by atoms with van der Waals surface area (Å²) < 4.78 is 7.87. The molecule has 0 saturated carbocycles. The summed E-state index contributed by atoms with van der Waals surface area (Å²) >= 11 is 8.80. The van der Waals surface area contributed by atoms with E-state index in [1.165, 1.54) is 0 Å². The van der Waals surface area contributed by atoms with E-state index in [4.69, 9.17) is 4.74 Å². The largest absolute Gasteiger partial charge is 0.459 e. The molecule has 2 saturated heterocycles. The number of ether oxygens (including phenoxy) is 1. The van der Waals surface area contributed by atoms with Crippen LogP contribution in [0.2, 0.25) is 0 Å². The maximum atomic E-state index is 14.8. The monoisotopic (exact) mass is 667 g/mol. The summed E-state index contributed by atoms with van der Waals surface area (Å²) in [5.41, 5.74) is 2.14. The van der Waals surface area contributed by atoms with Gasteiger partial charge in [-0.2, -0.15) is 11.8 Å². The second-order valence-electron chi connectivity index (χ2n) is 11.1. The first kappa shape index (κ1) is 28.3. The van der Waals surface area contributed by atoms with Gasteiger partial charge in [-0.1, -0.05) is 86.5 Å². The highest BCUT2D eigenvalue weighted by Crippen LogP contribution is 2.58. The Labute approximate surface area is 251 Å². The Kier molecular flexibility index (Phi) is 8.25. The summed E-state index contributed by atoms with van der Waals surface area (Å²) in [6.07, 6.45) is 2.00. The number of nitrogens with one attached hydrogen (secondary N) is 1. The average molecular weight is 669 g/mol. The smallest absolute Gasteiger partial charge is 0.324 e. The van der Waals surface area contributed by atoms with E-state index in [1.54, 1.807) is 11.8 Å². The topological polar surface area (TPSA) is 55.4 Å². The SMILES string of the molecule is CC(C)(C)OC(=O)C1NC(c2ccccc2)C2(CSC/C(=C\c3ccc(Br)cc3)C2=O)C1c1ccc(Br)cc1. The van der Waals surface area contributed by atoms with E-state index in [2.05, 4.69) is 37.2 Å². The zero-order valence-electron chi connectivity index (χ0n) is 22.1. The molecule has 0 aromatic heterocycles. The molecule has 4 unspecified atom stereocenters. The Hall–Kier alpha value is -2.19. The zero-order valence-corrected chi connectivity index (χ0v) is 26.1. The molecule has 2 aliphatic heterocycles. The fourth-order valence-electron chi connectivity index (χ4n) is 5.74. The van der Waals surface area contributed by atoms with Gasteiger partial charge in [0.05, 0.1) is 5.41 Å². The number of benzene rings is 3. The molecule has 4 nitrogen and oxygen atoms in total. The van der Waals surface area contributed by atoms with Crippen molar-refractivity contribution >= 4 is 61.5 Å². The van der Waals surface area contributed by atoms with Crippen molar-refractivity contribution in [3.8, 4) is 0 Å². The molecule has 3 aromatic carbocycles. The number of thioether (sulfide) groups is 1. The van der Waals surface area contributed by atoms with E-state index < -0.39 is 23.0 Å². The van der Waals surface area contributed by atoms with E-state index in [-0.39, 0.29) is 17.8 Å².